The number of esters is 1. The number of hydrogen-bond acceptors (Lipinski definition) is 7. The molecule has 9 nitrogen and oxygen atoms in total. The maximum Gasteiger partial charge on any atom is 0.338 e. The molecule has 0 radical (unpaired) electrons. The average Bonchev–Trinajstić information content (AvgIpc) is 2.61. The highest BCUT2D eigenvalue weighted by molar-refractivity contribution is 5.89. The molecule has 1 aromatic rings. The van der Waals surface area contributed by atoms with Crippen molar-refractivity contribution in [1.82, 2.24) is 10.2 Å². The standard InChI is InChI=1S/C16H20N4O5/c1-10(21)19-12-8-14(23-2)24-13(9-18-20-17)15(12)25-16(22)11-6-4-3-5-7-11/h3-7,12-15,17H,8-9H2,1-2H3/p+1. The largest absolute Gasteiger partial charge is 0.454 e. The van der Waals surface area contributed by atoms with E-state index in [1.54, 1.807) is 30.3 Å². The Morgan fingerprint density at radius 3 is 2.72 bits per heavy atom. The molecular weight excluding hydrogens is 328 g/mol. The molecule has 4 unspecified atom stereocenters. The maximum atomic E-state index is 12.4. The monoisotopic (exact) mass is 349 g/mol. The molecule has 1 aliphatic heterocycles. The first kappa shape index (κ1) is 18.7. The third-order valence-corrected chi connectivity index (χ3v) is 3.77. The van der Waals surface area contributed by atoms with Gasteiger partial charge in [-0.25, -0.2) is 4.79 Å². The summed E-state index contributed by atoms with van der Waals surface area (Å²) in [6.07, 6.45) is -1.75. The number of carbonyl (C=O) groups excluding carboxylic acids is 2. The van der Waals surface area contributed by atoms with Crippen molar-refractivity contribution in [2.24, 2.45) is 5.11 Å². The number of carbonyl (C=O) groups is 2. The number of nitrogens with zero attached hydrogens (tertiary/aromatic N) is 2. The Morgan fingerprint density at radius 2 is 2.12 bits per heavy atom. The summed E-state index contributed by atoms with van der Waals surface area (Å²) in [5.41, 5.74) is 7.20. The van der Waals surface area contributed by atoms with Gasteiger partial charge in [0, 0.05) is 20.5 Å². The zero-order chi connectivity index (χ0) is 18.2. The molecule has 1 heterocycles. The Bertz CT molecular complexity index is 633. The Balaban J connectivity index is 2.22. The Morgan fingerprint density at radius 1 is 1.40 bits per heavy atom. The second kappa shape index (κ2) is 9.03. The van der Waals surface area contributed by atoms with Crippen molar-refractivity contribution in [3.05, 3.63) is 35.9 Å². The van der Waals surface area contributed by atoms with Crippen molar-refractivity contribution in [3.63, 3.8) is 0 Å². The average molecular weight is 349 g/mol. The first-order valence-electron chi connectivity index (χ1n) is 7.79. The predicted octanol–water partition coefficient (Wildman–Crippen LogP) is 1.03. The molecule has 9 heteroatoms. The molecule has 1 fully saturated rings. The van der Waals surface area contributed by atoms with E-state index in [2.05, 4.69) is 15.3 Å². The van der Waals surface area contributed by atoms with Crippen molar-refractivity contribution in [2.45, 2.75) is 37.9 Å². The smallest absolute Gasteiger partial charge is 0.338 e. The number of hydrogen-bond donors (Lipinski definition) is 2. The maximum absolute atomic E-state index is 12.4. The second-order valence-electron chi connectivity index (χ2n) is 5.54. The number of nitrogens with one attached hydrogen (secondary N) is 2. The predicted molar refractivity (Wildman–Crippen MR) is 85.7 cm³/mol. The highest BCUT2D eigenvalue weighted by Crippen LogP contribution is 2.25. The number of amides is 1. The van der Waals surface area contributed by atoms with Gasteiger partial charge in [0.2, 0.25) is 10.8 Å². The van der Waals surface area contributed by atoms with Crippen LogP contribution >= 0.6 is 0 Å². The van der Waals surface area contributed by atoms with E-state index >= 15 is 0 Å². The van der Waals surface area contributed by atoms with E-state index in [0.29, 0.717) is 12.0 Å². The van der Waals surface area contributed by atoms with Crippen LogP contribution in [0.1, 0.15) is 23.7 Å². The van der Waals surface area contributed by atoms with Gasteiger partial charge in [-0.3, -0.25) is 4.79 Å². The number of benzene rings is 1. The van der Waals surface area contributed by atoms with Gasteiger partial charge >= 0.3 is 5.97 Å². The highest BCUT2D eigenvalue weighted by Gasteiger charge is 2.43. The summed E-state index contributed by atoms with van der Waals surface area (Å²) >= 11 is 0. The molecule has 0 aliphatic carbocycles. The zero-order valence-corrected chi connectivity index (χ0v) is 14.0. The SMILES string of the molecule is COC1CC(NC(C)=O)C(OC(=O)c2ccccc2)C(CN=[N+]=N)O1. The summed E-state index contributed by atoms with van der Waals surface area (Å²) in [7, 11) is 1.48. The summed E-state index contributed by atoms with van der Waals surface area (Å²) in [6.45, 7) is 1.39. The van der Waals surface area contributed by atoms with Crippen LogP contribution in [0.2, 0.25) is 0 Å². The van der Waals surface area contributed by atoms with Gasteiger partial charge < -0.3 is 19.5 Å². The van der Waals surface area contributed by atoms with E-state index in [0.717, 1.165) is 0 Å². The minimum atomic E-state index is -0.784. The highest BCUT2D eigenvalue weighted by atomic mass is 16.7. The fourth-order valence-corrected chi connectivity index (χ4v) is 2.67. The van der Waals surface area contributed by atoms with Crippen LogP contribution < -0.4 is 10.2 Å². The lowest BCUT2D eigenvalue weighted by Crippen LogP contribution is -2.58. The normalized spacial score (nSPS) is 25.5. The minimum absolute atomic E-state index is 0.00613. The number of ether oxygens (including phenoxy) is 3. The van der Waals surface area contributed by atoms with E-state index in [-0.39, 0.29) is 12.5 Å². The van der Waals surface area contributed by atoms with Gasteiger partial charge in [-0.15, -0.1) is 0 Å². The quantitative estimate of drug-likeness (QED) is 0.451. The second-order valence-corrected chi connectivity index (χ2v) is 5.54. The van der Waals surface area contributed by atoms with Crippen LogP contribution in [0.15, 0.2) is 35.4 Å². The van der Waals surface area contributed by atoms with Gasteiger partial charge in [0.1, 0.15) is 16.7 Å². The molecule has 4 atom stereocenters. The molecule has 0 bridgehead atoms. The number of rotatable bonds is 6. The Hall–Kier alpha value is -2.61. The molecule has 2 N–H and O–H groups in total. The van der Waals surface area contributed by atoms with Crippen LogP contribution in [-0.2, 0) is 19.0 Å². The van der Waals surface area contributed by atoms with Crippen molar-refractivity contribution >= 4 is 11.9 Å². The molecule has 0 aromatic heterocycles. The van der Waals surface area contributed by atoms with Gasteiger partial charge in [0.05, 0.1) is 11.6 Å². The van der Waals surface area contributed by atoms with E-state index in [9.17, 15) is 9.59 Å². The molecule has 0 spiro atoms. The molecule has 1 saturated heterocycles. The van der Waals surface area contributed by atoms with Gasteiger partial charge in [-0.2, -0.15) is 0 Å². The first-order valence-corrected chi connectivity index (χ1v) is 7.79. The lowest BCUT2D eigenvalue weighted by atomic mass is 9.98. The summed E-state index contributed by atoms with van der Waals surface area (Å²) < 4.78 is 16.5. The van der Waals surface area contributed by atoms with E-state index in [4.69, 9.17) is 19.7 Å². The molecule has 0 saturated carbocycles. The van der Waals surface area contributed by atoms with Gasteiger partial charge in [0.15, 0.2) is 18.9 Å². The third kappa shape index (κ3) is 5.18. The molecule has 25 heavy (non-hydrogen) atoms. The Labute approximate surface area is 144 Å². The number of methoxy groups -OCH3 is 1. The lowest BCUT2D eigenvalue weighted by Gasteiger charge is -2.39. The van der Waals surface area contributed by atoms with Crippen LogP contribution in [0, 0.1) is 5.53 Å². The van der Waals surface area contributed by atoms with E-state index in [1.807, 2.05) is 0 Å². The van der Waals surface area contributed by atoms with Crippen molar-refractivity contribution in [3.8, 4) is 0 Å². The van der Waals surface area contributed by atoms with Crippen LogP contribution in [0.5, 0.6) is 0 Å². The first-order chi connectivity index (χ1) is 12.0. The van der Waals surface area contributed by atoms with Crippen molar-refractivity contribution in [2.75, 3.05) is 13.7 Å². The van der Waals surface area contributed by atoms with E-state index in [1.165, 1.54) is 14.0 Å². The van der Waals surface area contributed by atoms with Gasteiger partial charge in [-0.05, 0) is 12.1 Å². The fraction of sp³-hybridized carbons (Fsp3) is 0.500. The lowest BCUT2D eigenvalue weighted by molar-refractivity contribution is -0.217. The van der Waals surface area contributed by atoms with Crippen LogP contribution in [-0.4, -0.2) is 50.1 Å². The summed E-state index contributed by atoms with van der Waals surface area (Å²) in [5, 5.41) is 6.38. The molecule has 1 aliphatic rings. The molecule has 2 rings (SSSR count). The van der Waals surface area contributed by atoms with Crippen LogP contribution in [0.4, 0.5) is 0 Å². The summed E-state index contributed by atoms with van der Waals surface area (Å²) in [5.74, 6) is -0.795. The van der Waals surface area contributed by atoms with Gasteiger partial charge in [-0.1, -0.05) is 18.2 Å². The molecular formula is C16H21N4O5+. The molecule has 1 amide bonds. The van der Waals surface area contributed by atoms with Crippen molar-refractivity contribution < 1.29 is 23.8 Å². The molecule has 1 aromatic carbocycles. The topological polar surface area (TPSA) is 124 Å². The van der Waals surface area contributed by atoms with Crippen LogP contribution in [0.25, 0.3) is 0 Å². The summed E-state index contributed by atoms with van der Waals surface area (Å²) in [6, 6.07) is 8.01. The summed E-state index contributed by atoms with van der Waals surface area (Å²) in [4.78, 5) is 26.9. The minimum Gasteiger partial charge on any atom is -0.454 e. The Kier molecular flexibility index (Phi) is 6.76. The fourth-order valence-electron chi connectivity index (χ4n) is 2.67. The van der Waals surface area contributed by atoms with Gasteiger partial charge in [0.25, 0.3) is 0 Å². The van der Waals surface area contributed by atoms with Crippen molar-refractivity contribution in [1.29, 1.82) is 5.53 Å². The molecule has 134 valence electrons. The van der Waals surface area contributed by atoms with E-state index < -0.39 is 30.5 Å². The third-order valence-electron chi connectivity index (χ3n) is 3.77. The zero-order valence-electron chi connectivity index (χ0n) is 14.0. The van der Waals surface area contributed by atoms with Crippen LogP contribution in [0.3, 0.4) is 0 Å².